The summed E-state index contributed by atoms with van der Waals surface area (Å²) in [6, 6.07) is 3.75. The Morgan fingerprint density at radius 1 is 1.13 bits per heavy atom. The number of benzene rings is 1. The number of hydrogen-bond donors (Lipinski definition) is 1. The van der Waals surface area contributed by atoms with Crippen molar-refractivity contribution in [1.82, 2.24) is 14.5 Å². The topological polar surface area (TPSA) is 130 Å². The molecule has 10 nitrogen and oxygen atoms in total. The van der Waals surface area contributed by atoms with Crippen molar-refractivity contribution in [3.05, 3.63) is 33.9 Å². The first-order valence-corrected chi connectivity index (χ1v) is 11.9. The highest BCUT2D eigenvalue weighted by atomic mass is 32.2. The van der Waals surface area contributed by atoms with Crippen molar-refractivity contribution in [2.24, 2.45) is 0 Å². The number of hydrogen-bond acceptors (Lipinski definition) is 6. The number of nitro benzene ring substituents is 1. The van der Waals surface area contributed by atoms with Crippen LogP contribution in [0.3, 0.4) is 0 Å². The highest BCUT2D eigenvalue weighted by molar-refractivity contribution is 7.89. The summed E-state index contributed by atoms with van der Waals surface area (Å²) in [6.45, 7) is 4.89. The predicted octanol–water partition coefficient (Wildman–Crippen LogP) is 1.82. The number of non-ortho nitro benzene ring substituents is 1. The van der Waals surface area contributed by atoms with Gasteiger partial charge in [-0.25, -0.2) is 8.42 Å². The maximum atomic E-state index is 13.0. The van der Waals surface area contributed by atoms with Gasteiger partial charge in [0.05, 0.1) is 9.82 Å². The van der Waals surface area contributed by atoms with Gasteiger partial charge in [-0.1, -0.05) is 25.8 Å². The number of nitrogens with one attached hydrogen (secondary N) is 1. The van der Waals surface area contributed by atoms with Crippen LogP contribution >= 0.6 is 0 Å². The van der Waals surface area contributed by atoms with Gasteiger partial charge < -0.3 is 10.2 Å². The van der Waals surface area contributed by atoms with Crippen molar-refractivity contribution >= 4 is 27.5 Å². The van der Waals surface area contributed by atoms with Gasteiger partial charge in [-0.2, -0.15) is 4.31 Å². The van der Waals surface area contributed by atoms with E-state index in [4.69, 9.17) is 0 Å². The number of carbonyl (C=O) groups excluding carboxylic acids is 2. The van der Waals surface area contributed by atoms with E-state index >= 15 is 0 Å². The fraction of sp³-hybridized carbons (Fsp3) is 0.600. The van der Waals surface area contributed by atoms with Crippen LogP contribution in [0.25, 0.3) is 0 Å². The molecule has 31 heavy (non-hydrogen) atoms. The van der Waals surface area contributed by atoms with Crippen LogP contribution in [-0.2, 0) is 19.6 Å². The molecule has 1 aromatic rings. The van der Waals surface area contributed by atoms with Crippen LogP contribution in [-0.4, -0.2) is 67.1 Å². The van der Waals surface area contributed by atoms with Gasteiger partial charge in [-0.05, 0) is 18.9 Å². The molecule has 0 radical (unpaired) electrons. The largest absolute Gasteiger partial charge is 0.356 e. The number of rotatable bonds is 10. The van der Waals surface area contributed by atoms with E-state index in [1.165, 1.54) is 16.4 Å². The lowest BCUT2D eigenvalue weighted by Crippen LogP contribution is -2.50. The lowest BCUT2D eigenvalue weighted by Gasteiger charge is -2.34. The number of aryl methyl sites for hydroxylation is 1. The Hall–Kier alpha value is -2.53. The summed E-state index contributed by atoms with van der Waals surface area (Å²) in [5.41, 5.74) is 0.139. The van der Waals surface area contributed by atoms with Crippen molar-refractivity contribution < 1.29 is 22.9 Å². The van der Waals surface area contributed by atoms with Crippen LogP contribution in [0.15, 0.2) is 23.1 Å². The number of nitrogens with zero attached hydrogens (tertiary/aromatic N) is 3. The molecular weight excluding hydrogens is 424 g/mol. The van der Waals surface area contributed by atoms with Crippen LogP contribution in [0.5, 0.6) is 0 Å². The molecule has 1 heterocycles. The Kier molecular flexibility index (Phi) is 8.93. The zero-order valence-corrected chi connectivity index (χ0v) is 18.8. The van der Waals surface area contributed by atoms with Crippen LogP contribution in [0.1, 0.15) is 44.6 Å². The number of unbranched alkanes of at least 4 members (excludes halogenated alkanes) is 2. The molecule has 0 saturated carbocycles. The van der Waals surface area contributed by atoms with Gasteiger partial charge in [0.15, 0.2) is 0 Å². The van der Waals surface area contributed by atoms with E-state index in [1.54, 1.807) is 11.8 Å². The Labute approximate surface area is 182 Å². The summed E-state index contributed by atoms with van der Waals surface area (Å²) in [5.74, 6) is -0.348. The highest BCUT2D eigenvalue weighted by Crippen LogP contribution is 2.25. The van der Waals surface area contributed by atoms with Crippen molar-refractivity contribution in [2.45, 2.75) is 50.8 Å². The average Bonchev–Trinajstić information content (AvgIpc) is 2.75. The summed E-state index contributed by atoms with van der Waals surface area (Å²) in [5, 5.41) is 13.8. The van der Waals surface area contributed by atoms with Crippen LogP contribution < -0.4 is 5.32 Å². The van der Waals surface area contributed by atoms with E-state index in [0.29, 0.717) is 12.1 Å². The summed E-state index contributed by atoms with van der Waals surface area (Å²) in [4.78, 5) is 36.0. The van der Waals surface area contributed by atoms with Gasteiger partial charge in [0, 0.05) is 57.7 Å². The molecule has 0 spiro atoms. The van der Waals surface area contributed by atoms with Crippen molar-refractivity contribution in [1.29, 1.82) is 0 Å². The monoisotopic (exact) mass is 454 g/mol. The van der Waals surface area contributed by atoms with Crippen molar-refractivity contribution in [3.8, 4) is 0 Å². The third-order valence-electron chi connectivity index (χ3n) is 5.26. The molecule has 0 bridgehead atoms. The minimum atomic E-state index is -3.91. The van der Waals surface area contributed by atoms with Gasteiger partial charge in [0.1, 0.15) is 0 Å². The molecule has 1 aliphatic rings. The first kappa shape index (κ1) is 24.7. The van der Waals surface area contributed by atoms with E-state index in [-0.39, 0.29) is 61.4 Å². The fourth-order valence-corrected chi connectivity index (χ4v) is 5.03. The summed E-state index contributed by atoms with van der Waals surface area (Å²) < 4.78 is 27.2. The van der Waals surface area contributed by atoms with Gasteiger partial charge in [0.2, 0.25) is 21.8 Å². The maximum Gasteiger partial charge on any atom is 0.270 e. The second kappa shape index (κ2) is 11.2. The van der Waals surface area contributed by atoms with Crippen molar-refractivity contribution in [2.75, 3.05) is 32.7 Å². The lowest BCUT2D eigenvalue weighted by atomic mass is 10.2. The summed E-state index contributed by atoms with van der Waals surface area (Å²) in [7, 11) is -3.91. The Bertz CT molecular complexity index is 910. The minimum Gasteiger partial charge on any atom is -0.356 e. The minimum absolute atomic E-state index is 0.0797. The third kappa shape index (κ3) is 6.73. The molecule has 1 N–H and O–H groups in total. The predicted molar refractivity (Wildman–Crippen MR) is 115 cm³/mol. The summed E-state index contributed by atoms with van der Waals surface area (Å²) in [6.07, 6.45) is 3.21. The molecule has 0 aliphatic carbocycles. The molecule has 1 saturated heterocycles. The zero-order valence-electron chi connectivity index (χ0n) is 18.0. The van der Waals surface area contributed by atoms with Crippen molar-refractivity contribution in [3.63, 3.8) is 0 Å². The molecule has 0 atom stereocenters. The van der Waals surface area contributed by atoms with E-state index < -0.39 is 14.9 Å². The molecule has 1 fully saturated rings. The van der Waals surface area contributed by atoms with E-state index in [9.17, 15) is 28.1 Å². The van der Waals surface area contributed by atoms with E-state index in [0.717, 1.165) is 25.3 Å². The normalized spacial score (nSPS) is 15.0. The number of nitro groups is 1. The molecule has 0 aromatic heterocycles. The van der Waals surface area contributed by atoms with Gasteiger partial charge in [-0.15, -0.1) is 0 Å². The molecular formula is C20H30N4O6S. The zero-order chi connectivity index (χ0) is 23.0. The van der Waals surface area contributed by atoms with Crippen LogP contribution in [0, 0.1) is 17.0 Å². The highest BCUT2D eigenvalue weighted by Gasteiger charge is 2.32. The molecule has 11 heteroatoms. The summed E-state index contributed by atoms with van der Waals surface area (Å²) >= 11 is 0. The molecule has 1 aliphatic heterocycles. The molecule has 172 valence electrons. The SMILES string of the molecule is CCCCCNC(=O)CCC(=O)N1CCN(S(=O)(=O)c2cc([N+](=O)[O-])ccc2C)CC1. The number of sulfonamides is 1. The Balaban J connectivity index is 1.89. The Morgan fingerprint density at radius 2 is 1.81 bits per heavy atom. The fourth-order valence-electron chi connectivity index (χ4n) is 3.37. The van der Waals surface area contributed by atoms with Gasteiger partial charge in [-0.3, -0.25) is 19.7 Å². The maximum absolute atomic E-state index is 13.0. The molecule has 0 unspecified atom stereocenters. The number of carbonyl (C=O) groups is 2. The van der Waals surface area contributed by atoms with Gasteiger partial charge in [0.25, 0.3) is 5.69 Å². The number of piperazine rings is 1. The molecule has 1 aromatic carbocycles. The number of amides is 2. The quantitative estimate of drug-likeness (QED) is 0.326. The third-order valence-corrected chi connectivity index (χ3v) is 7.30. The lowest BCUT2D eigenvalue weighted by molar-refractivity contribution is -0.385. The molecule has 2 rings (SSSR count). The molecule has 2 amide bonds. The standard InChI is InChI=1S/C20H30N4O6S/c1-3-4-5-10-21-19(25)8-9-20(26)22-11-13-23(14-12-22)31(29,30)18-15-17(24(27)28)7-6-16(18)2/h6-7,15H,3-5,8-14H2,1-2H3,(H,21,25). The second-order valence-corrected chi connectivity index (χ2v) is 9.46. The van der Waals surface area contributed by atoms with Gasteiger partial charge >= 0.3 is 0 Å². The first-order chi connectivity index (χ1) is 14.7. The van der Waals surface area contributed by atoms with Crippen LogP contribution in [0.4, 0.5) is 5.69 Å². The van der Waals surface area contributed by atoms with E-state index in [1.807, 2.05) is 0 Å². The Morgan fingerprint density at radius 3 is 2.42 bits per heavy atom. The van der Waals surface area contributed by atoms with E-state index in [2.05, 4.69) is 12.2 Å². The van der Waals surface area contributed by atoms with Crippen LogP contribution in [0.2, 0.25) is 0 Å². The smallest absolute Gasteiger partial charge is 0.270 e. The first-order valence-electron chi connectivity index (χ1n) is 10.5. The second-order valence-electron chi connectivity index (χ2n) is 7.55. The average molecular weight is 455 g/mol.